The minimum Gasteiger partial charge on any atom is -0.371 e. The maximum atomic E-state index is 13.6. The number of benzene rings is 1. The lowest BCUT2D eigenvalue weighted by molar-refractivity contribution is -0.00437. The van der Waals surface area contributed by atoms with Crippen LogP contribution in [0.4, 0.5) is 4.39 Å². The average molecular weight is 273 g/mol. The van der Waals surface area contributed by atoms with Crippen molar-refractivity contribution >= 4 is 10.0 Å². The topological polar surface area (TPSA) is 46.6 Å². The summed E-state index contributed by atoms with van der Waals surface area (Å²) < 4.78 is 44.1. The fourth-order valence-electron chi connectivity index (χ4n) is 1.99. The van der Waals surface area contributed by atoms with Crippen molar-refractivity contribution in [1.29, 1.82) is 0 Å². The van der Waals surface area contributed by atoms with Gasteiger partial charge in [-0.3, -0.25) is 0 Å². The van der Waals surface area contributed by atoms with Crippen LogP contribution in [0.5, 0.6) is 0 Å². The highest BCUT2D eigenvalue weighted by atomic mass is 32.2. The quantitative estimate of drug-likeness (QED) is 0.839. The molecule has 18 heavy (non-hydrogen) atoms. The molecule has 1 aromatic rings. The van der Waals surface area contributed by atoms with E-state index in [1.165, 1.54) is 10.4 Å². The van der Waals surface area contributed by atoms with Crippen molar-refractivity contribution in [2.24, 2.45) is 0 Å². The third kappa shape index (κ3) is 2.71. The molecule has 1 heterocycles. The van der Waals surface area contributed by atoms with Gasteiger partial charge in [0.2, 0.25) is 10.0 Å². The van der Waals surface area contributed by atoms with E-state index in [1.807, 2.05) is 0 Å². The minimum atomic E-state index is -3.24. The third-order valence-corrected chi connectivity index (χ3v) is 4.89. The van der Waals surface area contributed by atoms with Gasteiger partial charge in [0.25, 0.3) is 0 Å². The van der Waals surface area contributed by atoms with Crippen LogP contribution in [0.3, 0.4) is 0 Å². The van der Waals surface area contributed by atoms with Crippen LogP contribution in [0.25, 0.3) is 0 Å². The van der Waals surface area contributed by atoms with Gasteiger partial charge in [-0.05, 0) is 13.0 Å². The summed E-state index contributed by atoms with van der Waals surface area (Å²) in [6.45, 7) is 2.40. The Balaban J connectivity index is 2.20. The largest absolute Gasteiger partial charge is 0.371 e. The SMILES string of the molecule is CCS(=O)(=O)N1CCOC(c2ccccc2F)C1. The molecule has 100 valence electrons. The Morgan fingerprint density at radius 2 is 2.17 bits per heavy atom. The van der Waals surface area contributed by atoms with Crippen molar-refractivity contribution in [3.63, 3.8) is 0 Å². The van der Waals surface area contributed by atoms with Gasteiger partial charge in [0.1, 0.15) is 5.82 Å². The Hall–Kier alpha value is -0.980. The Kier molecular flexibility index (Phi) is 3.99. The van der Waals surface area contributed by atoms with Gasteiger partial charge in [0.05, 0.1) is 18.5 Å². The molecule has 6 heteroatoms. The zero-order valence-corrected chi connectivity index (χ0v) is 11.0. The van der Waals surface area contributed by atoms with E-state index in [-0.39, 0.29) is 24.7 Å². The van der Waals surface area contributed by atoms with Gasteiger partial charge < -0.3 is 4.74 Å². The second-order valence-corrected chi connectivity index (χ2v) is 6.40. The lowest BCUT2D eigenvalue weighted by atomic mass is 10.1. The molecule has 0 radical (unpaired) electrons. The van der Waals surface area contributed by atoms with Crippen LogP contribution in [0.15, 0.2) is 24.3 Å². The summed E-state index contributed by atoms with van der Waals surface area (Å²) in [5, 5.41) is 0. The second kappa shape index (κ2) is 5.34. The Bertz CT molecular complexity index is 518. The number of rotatable bonds is 3. The molecule has 0 spiro atoms. The van der Waals surface area contributed by atoms with E-state index >= 15 is 0 Å². The lowest BCUT2D eigenvalue weighted by Gasteiger charge is -2.32. The molecule has 1 saturated heterocycles. The number of halogens is 1. The zero-order chi connectivity index (χ0) is 13.2. The molecule has 4 nitrogen and oxygen atoms in total. The number of hydrogen-bond donors (Lipinski definition) is 0. The molecule has 1 aliphatic rings. The molecule has 0 aliphatic carbocycles. The maximum absolute atomic E-state index is 13.6. The van der Waals surface area contributed by atoms with E-state index in [1.54, 1.807) is 25.1 Å². The van der Waals surface area contributed by atoms with Crippen LogP contribution in [-0.2, 0) is 14.8 Å². The Morgan fingerprint density at radius 3 is 2.83 bits per heavy atom. The monoisotopic (exact) mass is 273 g/mol. The molecule has 0 saturated carbocycles. The molecule has 1 atom stereocenters. The summed E-state index contributed by atoms with van der Waals surface area (Å²) in [4.78, 5) is 0. The summed E-state index contributed by atoms with van der Waals surface area (Å²) in [5.41, 5.74) is 0.411. The highest BCUT2D eigenvalue weighted by Gasteiger charge is 2.30. The maximum Gasteiger partial charge on any atom is 0.214 e. The number of ether oxygens (including phenoxy) is 1. The van der Waals surface area contributed by atoms with Gasteiger partial charge in [-0.1, -0.05) is 18.2 Å². The molecule has 0 amide bonds. The molecule has 1 aromatic carbocycles. The Labute approximate surface area is 106 Å². The smallest absolute Gasteiger partial charge is 0.214 e. The van der Waals surface area contributed by atoms with Crippen LogP contribution >= 0.6 is 0 Å². The van der Waals surface area contributed by atoms with Gasteiger partial charge in [-0.15, -0.1) is 0 Å². The van der Waals surface area contributed by atoms with Crippen molar-refractivity contribution in [3.05, 3.63) is 35.6 Å². The van der Waals surface area contributed by atoms with Gasteiger partial charge >= 0.3 is 0 Å². The summed E-state index contributed by atoms with van der Waals surface area (Å²) in [6, 6.07) is 6.30. The first kappa shape index (κ1) is 13.5. The minimum absolute atomic E-state index is 0.0526. The summed E-state index contributed by atoms with van der Waals surface area (Å²) in [7, 11) is -3.24. The van der Waals surface area contributed by atoms with Gasteiger partial charge in [-0.25, -0.2) is 12.8 Å². The number of sulfonamides is 1. The van der Waals surface area contributed by atoms with Crippen LogP contribution in [-0.4, -0.2) is 38.2 Å². The molecule has 0 bridgehead atoms. The Morgan fingerprint density at radius 1 is 1.44 bits per heavy atom. The number of hydrogen-bond acceptors (Lipinski definition) is 3. The summed E-state index contributed by atoms with van der Waals surface area (Å²) >= 11 is 0. The highest BCUT2D eigenvalue weighted by molar-refractivity contribution is 7.89. The molecular weight excluding hydrogens is 257 g/mol. The first-order valence-electron chi connectivity index (χ1n) is 5.88. The van der Waals surface area contributed by atoms with E-state index in [9.17, 15) is 12.8 Å². The van der Waals surface area contributed by atoms with Crippen molar-refractivity contribution in [1.82, 2.24) is 4.31 Å². The molecule has 2 rings (SSSR count). The van der Waals surface area contributed by atoms with Gasteiger partial charge in [-0.2, -0.15) is 4.31 Å². The molecule has 0 aromatic heterocycles. The predicted molar refractivity (Wildman–Crippen MR) is 66.1 cm³/mol. The normalized spacial score (nSPS) is 22.0. The van der Waals surface area contributed by atoms with E-state index in [0.717, 1.165) is 0 Å². The fraction of sp³-hybridized carbons (Fsp3) is 0.500. The summed E-state index contributed by atoms with van der Waals surface area (Å²) in [5.74, 6) is -0.310. The number of morpholine rings is 1. The lowest BCUT2D eigenvalue weighted by Crippen LogP contribution is -2.43. The van der Waals surface area contributed by atoms with E-state index < -0.39 is 16.1 Å². The molecule has 1 fully saturated rings. The van der Waals surface area contributed by atoms with Crippen LogP contribution in [0, 0.1) is 5.82 Å². The highest BCUT2D eigenvalue weighted by Crippen LogP contribution is 2.25. The van der Waals surface area contributed by atoms with Crippen molar-refractivity contribution in [3.8, 4) is 0 Å². The van der Waals surface area contributed by atoms with Crippen molar-refractivity contribution < 1.29 is 17.5 Å². The first-order chi connectivity index (χ1) is 8.54. The van der Waals surface area contributed by atoms with Crippen LogP contribution in [0.1, 0.15) is 18.6 Å². The molecule has 1 unspecified atom stereocenters. The summed E-state index contributed by atoms with van der Waals surface area (Å²) in [6.07, 6.45) is -0.527. The van der Waals surface area contributed by atoms with E-state index in [4.69, 9.17) is 4.74 Å². The van der Waals surface area contributed by atoms with Crippen molar-refractivity contribution in [2.75, 3.05) is 25.4 Å². The van der Waals surface area contributed by atoms with Crippen LogP contribution in [0.2, 0.25) is 0 Å². The standard InChI is InChI=1S/C12H16FNO3S/c1-2-18(15,16)14-7-8-17-12(9-14)10-5-3-4-6-11(10)13/h3-6,12H,2,7-9H2,1H3. The molecule has 0 N–H and O–H groups in total. The third-order valence-electron chi connectivity index (χ3n) is 3.04. The van der Waals surface area contributed by atoms with Crippen LogP contribution < -0.4 is 0 Å². The first-order valence-corrected chi connectivity index (χ1v) is 7.49. The molecule has 1 aliphatic heterocycles. The zero-order valence-electron chi connectivity index (χ0n) is 10.2. The van der Waals surface area contributed by atoms with Crippen molar-refractivity contribution in [2.45, 2.75) is 13.0 Å². The van der Waals surface area contributed by atoms with E-state index in [2.05, 4.69) is 0 Å². The second-order valence-electron chi connectivity index (χ2n) is 4.14. The predicted octanol–water partition coefficient (Wildman–Crippen LogP) is 1.55. The molecular formula is C12H16FNO3S. The number of nitrogens with zero attached hydrogens (tertiary/aromatic N) is 1. The van der Waals surface area contributed by atoms with E-state index in [0.29, 0.717) is 12.1 Å². The average Bonchev–Trinajstić information content (AvgIpc) is 2.39. The van der Waals surface area contributed by atoms with Gasteiger partial charge in [0.15, 0.2) is 0 Å². The van der Waals surface area contributed by atoms with Gasteiger partial charge in [0, 0.05) is 18.7 Å². The fourth-order valence-corrected chi connectivity index (χ4v) is 3.07.